The first-order chi connectivity index (χ1) is 8.10. The van der Waals surface area contributed by atoms with Gasteiger partial charge in [0.15, 0.2) is 0 Å². The van der Waals surface area contributed by atoms with Crippen LogP contribution in [-0.4, -0.2) is 36.3 Å². The molecule has 0 amide bonds. The molecular weight excluding hydrogens is 238 g/mol. The number of hydrogen-bond donors (Lipinski definition) is 1. The molecule has 0 saturated carbocycles. The minimum absolute atomic E-state index is 0.251. The number of aromatic hydroxyl groups is 1. The smallest absolute Gasteiger partial charge is 0.121 e. The number of phenols is 1. The molecule has 0 radical (unpaired) electrons. The monoisotopic (exact) mass is 257 g/mol. The summed E-state index contributed by atoms with van der Waals surface area (Å²) < 4.78 is 5.15. The van der Waals surface area contributed by atoms with Gasteiger partial charge in [-0.05, 0) is 25.6 Å². The molecule has 1 rings (SSSR count). The zero-order chi connectivity index (χ0) is 12.8. The number of likely N-dealkylation sites (N-methyl/N-ethyl adjacent to an activating group) is 1. The third-order valence-corrected chi connectivity index (χ3v) is 3.25. The van der Waals surface area contributed by atoms with E-state index in [1.165, 1.54) is 0 Å². The topological polar surface area (TPSA) is 32.7 Å². The van der Waals surface area contributed by atoms with Crippen LogP contribution in [-0.2, 0) is 11.3 Å². The van der Waals surface area contributed by atoms with Crippen LogP contribution >= 0.6 is 11.6 Å². The van der Waals surface area contributed by atoms with Crippen LogP contribution in [0.4, 0.5) is 0 Å². The molecule has 1 unspecified atom stereocenters. The third kappa shape index (κ3) is 3.87. The Kier molecular flexibility index (Phi) is 5.75. The number of phenolic OH excluding ortho intramolecular Hbond substituents is 1. The molecule has 3 nitrogen and oxygen atoms in total. The van der Waals surface area contributed by atoms with Gasteiger partial charge in [0.2, 0.25) is 0 Å². The fourth-order valence-corrected chi connectivity index (χ4v) is 2.06. The molecule has 0 saturated heterocycles. The van der Waals surface area contributed by atoms with E-state index < -0.39 is 0 Å². The molecule has 0 aliphatic rings. The minimum atomic E-state index is 0.251. The summed E-state index contributed by atoms with van der Waals surface area (Å²) in [5.74, 6) is 0.251. The maximum absolute atomic E-state index is 9.81. The average molecular weight is 258 g/mol. The van der Waals surface area contributed by atoms with Crippen molar-refractivity contribution in [3.63, 3.8) is 0 Å². The first kappa shape index (κ1) is 14.3. The van der Waals surface area contributed by atoms with Crippen molar-refractivity contribution in [3.05, 3.63) is 28.8 Å². The molecule has 0 heterocycles. The lowest BCUT2D eigenvalue weighted by Gasteiger charge is -2.27. The molecule has 1 aromatic rings. The van der Waals surface area contributed by atoms with Gasteiger partial charge in [-0.1, -0.05) is 24.6 Å². The fourth-order valence-electron chi connectivity index (χ4n) is 1.83. The molecule has 1 atom stereocenters. The van der Waals surface area contributed by atoms with Crippen LogP contribution in [0.15, 0.2) is 18.2 Å². The summed E-state index contributed by atoms with van der Waals surface area (Å²) >= 11 is 6.09. The van der Waals surface area contributed by atoms with E-state index >= 15 is 0 Å². The van der Waals surface area contributed by atoms with Gasteiger partial charge in [-0.15, -0.1) is 0 Å². The lowest BCUT2D eigenvalue weighted by atomic mass is 10.1. The Bertz CT molecular complexity index is 337. The summed E-state index contributed by atoms with van der Waals surface area (Å²) in [5, 5.41) is 10.4. The lowest BCUT2D eigenvalue weighted by molar-refractivity contribution is 0.0977. The van der Waals surface area contributed by atoms with Crippen LogP contribution in [0.25, 0.3) is 0 Å². The Balaban J connectivity index is 2.80. The minimum Gasteiger partial charge on any atom is -0.508 e. The van der Waals surface area contributed by atoms with Gasteiger partial charge in [0.25, 0.3) is 0 Å². The average Bonchev–Trinajstić information content (AvgIpc) is 2.29. The number of hydrogen-bond acceptors (Lipinski definition) is 3. The normalized spacial score (nSPS) is 13.0. The van der Waals surface area contributed by atoms with Gasteiger partial charge in [-0.25, -0.2) is 0 Å². The fraction of sp³-hybridized carbons (Fsp3) is 0.538. The largest absolute Gasteiger partial charge is 0.508 e. The number of halogens is 1. The van der Waals surface area contributed by atoms with Crippen molar-refractivity contribution in [2.24, 2.45) is 0 Å². The van der Waals surface area contributed by atoms with Crippen molar-refractivity contribution in [2.45, 2.75) is 26.4 Å². The molecular formula is C13H20ClNO2. The highest BCUT2D eigenvalue weighted by molar-refractivity contribution is 6.31. The van der Waals surface area contributed by atoms with Gasteiger partial charge in [0.1, 0.15) is 5.75 Å². The van der Waals surface area contributed by atoms with Crippen LogP contribution < -0.4 is 0 Å². The molecule has 0 bridgehead atoms. The number of rotatable bonds is 6. The van der Waals surface area contributed by atoms with E-state index in [0.717, 1.165) is 12.1 Å². The highest BCUT2D eigenvalue weighted by Crippen LogP contribution is 2.27. The van der Waals surface area contributed by atoms with Crippen LogP contribution in [0.5, 0.6) is 5.75 Å². The van der Waals surface area contributed by atoms with E-state index in [0.29, 0.717) is 24.2 Å². The van der Waals surface area contributed by atoms with Crippen molar-refractivity contribution < 1.29 is 9.84 Å². The molecule has 0 aromatic heterocycles. The van der Waals surface area contributed by atoms with Gasteiger partial charge in [-0.2, -0.15) is 0 Å². The van der Waals surface area contributed by atoms with Gasteiger partial charge in [0, 0.05) is 30.3 Å². The third-order valence-electron chi connectivity index (χ3n) is 2.89. The molecule has 17 heavy (non-hydrogen) atoms. The summed E-state index contributed by atoms with van der Waals surface area (Å²) in [5.41, 5.74) is 0.777. The Morgan fingerprint density at radius 2 is 2.18 bits per heavy atom. The van der Waals surface area contributed by atoms with Crippen LogP contribution in [0, 0.1) is 0 Å². The van der Waals surface area contributed by atoms with Crippen molar-refractivity contribution in [2.75, 3.05) is 20.3 Å². The second-order valence-electron chi connectivity index (χ2n) is 4.10. The quantitative estimate of drug-likeness (QED) is 0.851. The van der Waals surface area contributed by atoms with Crippen molar-refractivity contribution >= 4 is 11.6 Å². The second kappa shape index (κ2) is 6.84. The summed E-state index contributed by atoms with van der Waals surface area (Å²) in [6.07, 6.45) is 0. The molecule has 4 heteroatoms. The van der Waals surface area contributed by atoms with Gasteiger partial charge >= 0.3 is 0 Å². The molecule has 0 fully saturated rings. The Hall–Kier alpha value is -0.770. The van der Waals surface area contributed by atoms with Gasteiger partial charge < -0.3 is 9.84 Å². The molecule has 1 aromatic carbocycles. The highest BCUT2D eigenvalue weighted by Gasteiger charge is 2.15. The number of benzene rings is 1. The predicted octanol–water partition coefficient (Wildman–Crippen LogP) is 2.90. The molecule has 1 N–H and O–H groups in total. The standard InChI is InChI=1S/C13H20ClNO2/c1-4-15(10(2)9-17-3)8-11-12(14)6-5-7-13(11)16/h5-7,10,16H,4,8-9H2,1-3H3. The molecule has 0 aliphatic heterocycles. The van der Waals surface area contributed by atoms with E-state index in [-0.39, 0.29) is 5.75 Å². The summed E-state index contributed by atoms with van der Waals surface area (Å²) in [6.45, 7) is 6.36. The number of nitrogens with zero attached hydrogens (tertiary/aromatic N) is 1. The van der Waals surface area contributed by atoms with E-state index in [1.807, 2.05) is 0 Å². The maximum atomic E-state index is 9.81. The summed E-state index contributed by atoms with van der Waals surface area (Å²) in [7, 11) is 1.69. The second-order valence-corrected chi connectivity index (χ2v) is 4.51. The van der Waals surface area contributed by atoms with Crippen molar-refractivity contribution in [3.8, 4) is 5.75 Å². The lowest BCUT2D eigenvalue weighted by Crippen LogP contribution is -2.35. The van der Waals surface area contributed by atoms with E-state index in [9.17, 15) is 5.11 Å². The number of ether oxygens (including phenoxy) is 1. The van der Waals surface area contributed by atoms with Crippen LogP contribution in [0.1, 0.15) is 19.4 Å². The SMILES string of the molecule is CCN(Cc1c(O)cccc1Cl)C(C)COC. The molecule has 0 aliphatic carbocycles. The van der Waals surface area contributed by atoms with Crippen LogP contribution in [0.2, 0.25) is 5.02 Å². The van der Waals surface area contributed by atoms with Gasteiger partial charge in [-0.3, -0.25) is 4.90 Å². The first-order valence-corrected chi connectivity index (χ1v) is 6.17. The highest BCUT2D eigenvalue weighted by atomic mass is 35.5. The van der Waals surface area contributed by atoms with Crippen molar-refractivity contribution in [1.82, 2.24) is 4.90 Å². The summed E-state index contributed by atoms with van der Waals surface area (Å²) in [4.78, 5) is 2.21. The van der Waals surface area contributed by atoms with E-state index in [4.69, 9.17) is 16.3 Å². The van der Waals surface area contributed by atoms with Gasteiger partial charge in [0.05, 0.1) is 6.61 Å². The predicted molar refractivity (Wildman–Crippen MR) is 70.5 cm³/mol. The molecule has 0 spiro atoms. The Morgan fingerprint density at radius 1 is 1.47 bits per heavy atom. The summed E-state index contributed by atoms with van der Waals surface area (Å²) in [6, 6.07) is 5.50. The first-order valence-electron chi connectivity index (χ1n) is 5.79. The number of methoxy groups -OCH3 is 1. The van der Waals surface area contributed by atoms with E-state index in [2.05, 4.69) is 18.7 Å². The molecule has 96 valence electrons. The Labute approximate surface area is 108 Å². The zero-order valence-corrected chi connectivity index (χ0v) is 11.4. The van der Waals surface area contributed by atoms with E-state index in [1.54, 1.807) is 25.3 Å². The Morgan fingerprint density at radius 3 is 2.71 bits per heavy atom. The van der Waals surface area contributed by atoms with Crippen molar-refractivity contribution in [1.29, 1.82) is 0 Å². The maximum Gasteiger partial charge on any atom is 0.121 e. The zero-order valence-electron chi connectivity index (χ0n) is 10.6. The van der Waals surface area contributed by atoms with Crippen LogP contribution in [0.3, 0.4) is 0 Å².